The zero-order chi connectivity index (χ0) is 14.6. The molecule has 0 fully saturated rings. The molecule has 1 unspecified atom stereocenters. The second-order valence-corrected chi connectivity index (χ2v) is 7.87. The Labute approximate surface area is 126 Å². The normalized spacial score (nSPS) is 15.1. The van der Waals surface area contributed by atoms with Gasteiger partial charge >= 0.3 is 0 Å². The van der Waals surface area contributed by atoms with E-state index < -0.39 is 15.7 Å². The quantitative estimate of drug-likeness (QED) is 0.851. The molecule has 0 saturated heterocycles. The molecule has 19 heavy (non-hydrogen) atoms. The Morgan fingerprint density at radius 3 is 2.58 bits per heavy atom. The number of ether oxygens (including phenoxy) is 1. The van der Waals surface area contributed by atoms with Crippen molar-refractivity contribution < 1.29 is 8.95 Å². The maximum Gasteiger partial charge on any atom is 0.122 e. The fourth-order valence-electron chi connectivity index (χ4n) is 2.17. The van der Waals surface area contributed by atoms with Crippen molar-refractivity contribution >= 4 is 26.9 Å². The van der Waals surface area contributed by atoms with Crippen molar-refractivity contribution in [3.8, 4) is 5.75 Å². The first kappa shape index (κ1) is 16.7. The molecule has 2 N–H and O–H groups in total. The molecule has 0 aliphatic heterocycles. The van der Waals surface area contributed by atoms with Crippen LogP contribution < -0.4 is 9.88 Å². The van der Waals surface area contributed by atoms with Crippen LogP contribution in [0, 0.1) is 0 Å². The third kappa shape index (κ3) is 4.29. The van der Waals surface area contributed by atoms with Gasteiger partial charge in [-0.15, -0.1) is 0 Å². The highest BCUT2D eigenvalue weighted by Crippen LogP contribution is 2.37. The zero-order valence-corrected chi connectivity index (χ0v) is 14.3. The summed E-state index contributed by atoms with van der Waals surface area (Å²) in [5, 5.41) is 5.58. The van der Waals surface area contributed by atoms with E-state index in [1.165, 1.54) is 0 Å². The molecule has 0 amide bonds. The van der Waals surface area contributed by atoms with E-state index in [0.717, 1.165) is 28.6 Å². The number of hydrogen-bond donors (Lipinski definition) is 1. The summed E-state index contributed by atoms with van der Waals surface area (Å²) >= 11 is 3.49. The van der Waals surface area contributed by atoms with E-state index in [4.69, 9.17) is 9.88 Å². The Hall–Kier alpha value is -0.390. The Kier molecular flexibility index (Phi) is 6.02. The van der Waals surface area contributed by atoms with Crippen LogP contribution in [0.25, 0.3) is 0 Å². The first-order chi connectivity index (χ1) is 8.81. The average Bonchev–Trinajstić information content (AvgIpc) is 2.35. The Bertz CT molecular complexity index is 463. The molecular formula is C14H22BrNO2S. The van der Waals surface area contributed by atoms with E-state index in [2.05, 4.69) is 28.9 Å². The van der Waals surface area contributed by atoms with Crippen LogP contribution in [0.1, 0.15) is 45.1 Å². The van der Waals surface area contributed by atoms with E-state index in [9.17, 15) is 4.21 Å². The highest BCUT2D eigenvalue weighted by atomic mass is 79.9. The van der Waals surface area contributed by atoms with E-state index in [1.807, 2.05) is 26.0 Å². The topological polar surface area (TPSA) is 52.3 Å². The second kappa shape index (κ2) is 6.86. The minimum Gasteiger partial charge on any atom is -0.496 e. The third-order valence-electron chi connectivity index (χ3n) is 3.41. The lowest BCUT2D eigenvalue weighted by Crippen LogP contribution is -2.33. The van der Waals surface area contributed by atoms with Gasteiger partial charge in [0.15, 0.2) is 0 Å². The van der Waals surface area contributed by atoms with Gasteiger partial charge in [-0.05, 0) is 56.4 Å². The molecule has 5 heteroatoms. The van der Waals surface area contributed by atoms with E-state index in [-0.39, 0.29) is 5.92 Å². The van der Waals surface area contributed by atoms with Crippen molar-refractivity contribution in [2.24, 2.45) is 5.14 Å². The standard InChI is InChI=1S/C14H22BrNO2S/c1-5-10(9-14(2,3)19(16)17)12-8-11(15)6-7-13(12)18-4/h6-8,10H,5,9,16H2,1-4H3/t10-,19?/m0/s1. The molecule has 0 radical (unpaired) electrons. The van der Waals surface area contributed by atoms with Gasteiger partial charge in [0.05, 0.1) is 22.8 Å². The molecule has 0 spiro atoms. The fourth-order valence-corrected chi connectivity index (χ4v) is 2.92. The van der Waals surface area contributed by atoms with Gasteiger partial charge in [-0.2, -0.15) is 0 Å². The van der Waals surface area contributed by atoms with Crippen molar-refractivity contribution in [3.63, 3.8) is 0 Å². The molecule has 3 nitrogen and oxygen atoms in total. The van der Waals surface area contributed by atoms with Crippen LogP contribution in [0.15, 0.2) is 22.7 Å². The molecule has 108 valence electrons. The lowest BCUT2D eigenvalue weighted by atomic mass is 9.87. The minimum absolute atomic E-state index is 0.273. The molecule has 0 aromatic heterocycles. The highest BCUT2D eigenvalue weighted by Gasteiger charge is 2.29. The minimum atomic E-state index is -1.34. The van der Waals surface area contributed by atoms with Crippen LogP contribution in [0.4, 0.5) is 0 Å². The monoisotopic (exact) mass is 347 g/mol. The maximum absolute atomic E-state index is 11.6. The van der Waals surface area contributed by atoms with Gasteiger partial charge in [-0.3, -0.25) is 5.14 Å². The Balaban J connectivity index is 3.10. The van der Waals surface area contributed by atoms with Gasteiger partial charge in [0, 0.05) is 4.47 Å². The van der Waals surface area contributed by atoms with Crippen molar-refractivity contribution in [1.29, 1.82) is 0 Å². The van der Waals surface area contributed by atoms with Crippen LogP contribution >= 0.6 is 15.9 Å². The van der Waals surface area contributed by atoms with Crippen molar-refractivity contribution in [3.05, 3.63) is 28.2 Å². The molecule has 1 aromatic carbocycles. The van der Waals surface area contributed by atoms with Crippen LogP contribution in [0.3, 0.4) is 0 Å². The van der Waals surface area contributed by atoms with E-state index >= 15 is 0 Å². The van der Waals surface area contributed by atoms with Crippen LogP contribution in [0.5, 0.6) is 5.75 Å². The summed E-state index contributed by atoms with van der Waals surface area (Å²) < 4.78 is 17.7. The summed E-state index contributed by atoms with van der Waals surface area (Å²) in [6.07, 6.45) is 1.72. The van der Waals surface area contributed by atoms with Crippen LogP contribution in [-0.2, 0) is 11.0 Å². The maximum atomic E-state index is 11.6. The van der Waals surface area contributed by atoms with Gasteiger partial charge in [-0.1, -0.05) is 22.9 Å². The molecule has 1 rings (SSSR count). The van der Waals surface area contributed by atoms with Crippen molar-refractivity contribution in [1.82, 2.24) is 0 Å². The molecule has 0 heterocycles. The Morgan fingerprint density at radius 2 is 2.11 bits per heavy atom. The predicted octanol–water partition coefficient (Wildman–Crippen LogP) is 3.74. The van der Waals surface area contributed by atoms with E-state index in [0.29, 0.717) is 0 Å². The summed E-state index contributed by atoms with van der Waals surface area (Å²) in [6, 6.07) is 5.98. The average molecular weight is 348 g/mol. The lowest BCUT2D eigenvalue weighted by molar-refractivity contribution is 0.398. The van der Waals surface area contributed by atoms with Crippen molar-refractivity contribution in [2.75, 3.05) is 7.11 Å². The second-order valence-electron chi connectivity index (χ2n) is 5.25. The summed E-state index contributed by atoms with van der Waals surface area (Å²) in [6.45, 7) is 6.01. The van der Waals surface area contributed by atoms with Gasteiger partial charge in [0.25, 0.3) is 0 Å². The number of benzene rings is 1. The Morgan fingerprint density at radius 1 is 1.47 bits per heavy atom. The fraction of sp³-hybridized carbons (Fsp3) is 0.571. The summed E-state index contributed by atoms with van der Waals surface area (Å²) in [4.78, 5) is 0. The molecule has 0 aliphatic rings. The number of nitrogens with two attached hydrogens (primary N) is 1. The summed E-state index contributed by atoms with van der Waals surface area (Å²) in [7, 11) is 0.334. The number of halogens is 1. The third-order valence-corrected chi connectivity index (χ3v) is 5.16. The van der Waals surface area contributed by atoms with Crippen LogP contribution in [-0.4, -0.2) is 16.1 Å². The van der Waals surface area contributed by atoms with Crippen molar-refractivity contribution in [2.45, 2.75) is 44.3 Å². The largest absolute Gasteiger partial charge is 0.496 e. The first-order valence-electron chi connectivity index (χ1n) is 6.31. The first-order valence-corrected chi connectivity index (χ1v) is 8.32. The summed E-state index contributed by atoms with van der Waals surface area (Å²) in [5.41, 5.74) is 1.14. The van der Waals surface area contributed by atoms with Gasteiger partial charge in [-0.25, -0.2) is 4.21 Å². The smallest absolute Gasteiger partial charge is 0.122 e. The van der Waals surface area contributed by atoms with Gasteiger partial charge in [0.1, 0.15) is 5.75 Å². The predicted molar refractivity (Wildman–Crippen MR) is 84.8 cm³/mol. The molecular weight excluding hydrogens is 326 g/mol. The van der Waals surface area contributed by atoms with Gasteiger partial charge in [0.2, 0.25) is 0 Å². The molecule has 1 aromatic rings. The zero-order valence-electron chi connectivity index (χ0n) is 11.9. The lowest BCUT2D eigenvalue weighted by Gasteiger charge is -2.28. The highest BCUT2D eigenvalue weighted by molar-refractivity contribution is 9.10. The summed E-state index contributed by atoms with van der Waals surface area (Å²) in [5.74, 6) is 1.14. The molecule has 2 atom stereocenters. The van der Waals surface area contributed by atoms with Gasteiger partial charge < -0.3 is 4.74 Å². The van der Waals surface area contributed by atoms with E-state index in [1.54, 1.807) is 7.11 Å². The number of rotatable bonds is 6. The SMILES string of the molecule is CC[C@@H](CC(C)(C)S(N)=O)c1cc(Br)ccc1OC. The number of hydrogen-bond acceptors (Lipinski definition) is 2. The molecule has 0 saturated carbocycles. The number of methoxy groups -OCH3 is 1. The van der Waals surface area contributed by atoms with Crippen LogP contribution in [0.2, 0.25) is 0 Å². The molecule has 0 aliphatic carbocycles. The molecule has 0 bridgehead atoms.